The Morgan fingerprint density at radius 2 is 1.77 bits per heavy atom. The Kier molecular flexibility index (Phi) is 5.91. The topological polar surface area (TPSA) is 84.0 Å². The van der Waals surface area contributed by atoms with Crippen LogP contribution < -0.4 is 10.6 Å². The lowest BCUT2D eigenvalue weighted by Gasteiger charge is -2.11. The van der Waals surface area contributed by atoms with E-state index in [-0.39, 0.29) is 11.8 Å². The van der Waals surface area contributed by atoms with E-state index >= 15 is 0 Å². The van der Waals surface area contributed by atoms with Crippen LogP contribution in [0.2, 0.25) is 5.02 Å². The molecule has 2 aromatic heterocycles. The predicted octanol–water partition coefficient (Wildman–Crippen LogP) is 4.77. The van der Waals surface area contributed by atoms with Crippen molar-refractivity contribution in [1.29, 1.82) is 0 Å². The van der Waals surface area contributed by atoms with Crippen LogP contribution in [0.3, 0.4) is 0 Å². The van der Waals surface area contributed by atoms with Gasteiger partial charge in [-0.1, -0.05) is 23.7 Å². The van der Waals surface area contributed by atoms with Crippen molar-refractivity contribution in [1.82, 2.24) is 15.3 Å². The third-order valence-corrected chi connectivity index (χ3v) is 5.03. The van der Waals surface area contributed by atoms with Crippen molar-refractivity contribution < 1.29 is 9.59 Å². The van der Waals surface area contributed by atoms with Crippen molar-refractivity contribution in [3.63, 3.8) is 0 Å². The van der Waals surface area contributed by atoms with Gasteiger partial charge in [-0.15, -0.1) is 0 Å². The molecule has 6 nitrogen and oxygen atoms in total. The molecule has 2 amide bonds. The number of carbonyl (C=O) groups is 2. The molecule has 4 aromatic rings. The summed E-state index contributed by atoms with van der Waals surface area (Å²) in [6.07, 6.45) is 3.14. The maximum absolute atomic E-state index is 12.8. The van der Waals surface area contributed by atoms with Gasteiger partial charge in [0.2, 0.25) is 0 Å². The lowest BCUT2D eigenvalue weighted by molar-refractivity contribution is 0.0949. The zero-order chi connectivity index (χ0) is 21.8. The van der Waals surface area contributed by atoms with Gasteiger partial charge in [0.15, 0.2) is 0 Å². The average molecular weight is 431 g/mol. The Morgan fingerprint density at radius 1 is 0.968 bits per heavy atom. The lowest BCUT2D eigenvalue weighted by Crippen LogP contribution is -2.24. The maximum atomic E-state index is 12.8. The van der Waals surface area contributed by atoms with Crippen molar-refractivity contribution in [2.45, 2.75) is 13.5 Å². The fourth-order valence-corrected chi connectivity index (χ4v) is 3.40. The number of aromatic nitrogens is 2. The molecular weight excluding hydrogens is 412 g/mol. The third-order valence-electron chi connectivity index (χ3n) is 4.79. The van der Waals surface area contributed by atoms with E-state index in [9.17, 15) is 9.59 Å². The molecule has 0 unspecified atom stereocenters. The number of benzene rings is 2. The molecule has 154 valence electrons. The molecule has 7 heteroatoms. The van der Waals surface area contributed by atoms with E-state index in [0.29, 0.717) is 34.1 Å². The molecule has 0 atom stereocenters. The minimum absolute atomic E-state index is 0.222. The molecule has 0 radical (unpaired) electrons. The first kappa shape index (κ1) is 20.5. The number of carbonyl (C=O) groups excluding carboxylic acids is 2. The molecular formula is C24H19ClN4O2. The first-order valence-corrected chi connectivity index (χ1v) is 10.0. The number of fused-ring (bicyclic) bond motifs is 1. The Bertz CT molecular complexity index is 1280. The van der Waals surface area contributed by atoms with Crippen molar-refractivity contribution in [2.75, 3.05) is 5.32 Å². The van der Waals surface area contributed by atoms with Crippen molar-refractivity contribution >= 4 is 40.0 Å². The van der Waals surface area contributed by atoms with E-state index in [4.69, 9.17) is 11.6 Å². The second kappa shape index (κ2) is 8.93. The third kappa shape index (κ3) is 4.87. The highest BCUT2D eigenvalue weighted by molar-refractivity contribution is 6.31. The number of nitrogens with one attached hydrogen (secondary N) is 2. The Morgan fingerprint density at radius 3 is 2.58 bits per heavy atom. The number of anilines is 1. The van der Waals surface area contributed by atoms with E-state index in [1.165, 1.54) is 0 Å². The molecule has 0 fully saturated rings. The number of amides is 2. The van der Waals surface area contributed by atoms with Gasteiger partial charge in [0.1, 0.15) is 0 Å². The highest BCUT2D eigenvalue weighted by Crippen LogP contribution is 2.21. The first-order chi connectivity index (χ1) is 15.0. The fraction of sp³-hybridized carbons (Fsp3) is 0.0833. The van der Waals surface area contributed by atoms with Crippen LogP contribution in [0, 0.1) is 6.92 Å². The number of hydrogen-bond acceptors (Lipinski definition) is 4. The van der Waals surface area contributed by atoms with Gasteiger partial charge in [-0.2, -0.15) is 0 Å². The molecule has 0 aliphatic rings. The summed E-state index contributed by atoms with van der Waals surface area (Å²) in [4.78, 5) is 33.5. The van der Waals surface area contributed by atoms with E-state index in [0.717, 1.165) is 16.5 Å². The van der Waals surface area contributed by atoms with E-state index in [2.05, 4.69) is 20.6 Å². The van der Waals surface area contributed by atoms with E-state index < -0.39 is 0 Å². The summed E-state index contributed by atoms with van der Waals surface area (Å²) in [5, 5.41) is 7.17. The lowest BCUT2D eigenvalue weighted by atomic mass is 10.1. The van der Waals surface area contributed by atoms with E-state index in [1.807, 2.05) is 24.3 Å². The number of rotatable bonds is 5. The van der Waals surface area contributed by atoms with Crippen LogP contribution in [0.5, 0.6) is 0 Å². The molecule has 2 heterocycles. The number of halogens is 1. The Labute approximate surface area is 184 Å². The quantitative estimate of drug-likeness (QED) is 0.477. The van der Waals surface area contributed by atoms with Crippen LogP contribution in [-0.2, 0) is 6.54 Å². The SMILES string of the molecule is Cc1nc2ccc(Cl)cc2cc1C(=O)NCc1cccc(NC(=O)c2ccncc2)c1. The molecule has 31 heavy (non-hydrogen) atoms. The molecule has 0 aliphatic carbocycles. The molecule has 2 aromatic carbocycles. The second-order valence-electron chi connectivity index (χ2n) is 7.03. The monoisotopic (exact) mass is 430 g/mol. The normalized spacial score (nSPS) is 10.6. The van der Waals surface area contributed by atoms with Gasteiger partial charge in [0.25, 0.3) is 11.8 Å². The van der Waals surface area contributed by atoms with Crippen molar-refractivity contribution in [2.24, 2.45) is 0 Å². The summed E-state index contributed by atoms with van der Waals surface area (Å²) in [6, 6.07) is 17.8. The summed E-state index contributed by atoms with van der Waals surface area (Å²) in [5.41, 5.74) is 3.95. The van der Waals surface area contributed by atoms with Crippen molar-refractivity contribution in [3.05, 3.63) is 100 Å². The summed E-state index contributed by atoms with van der Waals surface area (Å²) in [6.45, 7) is 2.11. The summed E-state index contributed by atoms with van der Waals surface area (Å²) >= 11 is 6.06. The standard InChI is InChI=1S/C24H19ClN4O2/c1-15-21(13-18-12-19(25)5-6-22(18)28-15)24(31)27-14-16-3-2-4-20(11-16)29-23(30)17-7-9-26-10-8-17/h2-13H,14H2,1H3,(H,27,31)(H,29,30). The number of nitrogens with zero attached hydrogens (tertiary/aromatic N) is 2. The number of pyridine rings is 2. The minimum atomic E-state index is -0.224. The van der Waals surface area contributed by atoms with Gasteiger partial charge >= 0.3 is 0 Å². The average Bonchev–Trinajstić information content (AvgIpc) is 2.78. The Hall–Kier alpha value is -3.77. The minimum Gasteiger partial charge on any atom is -0.348 e. The van der Waals surface area contributed by atoms with Crippen LogP contribution in [0.4, 0.5) is 5.69 Å². The largest absolute Gasteiger partial charge is 0.348 e. The summed E-state index contributed by atoms with van der Waals surface area (Å²) < 4.78 is 0. The second-order valence-corrected chi connectivity index (χ2v) is 7.47. The van der Waals surface area contributed by atoms with Gasteiger partial charge in [0, 0.05) is 40.6 Å². The van der Waals surface area contributed by atoms with Crippen LogP contribution in [0.1, 0.15) is 32.0 Å². The molecule has 2 N–H and O–H groups in total. The summed E-state index contributed by atoms with van der Waals surface area (Å²) in [7, 11) is 0. The Balaban J connectivity index is 1.45. The van der Waals surface area contributed by atoms with Crippen LogP contribution in [0.15, 0.2) is 73.1 Å². The first-order valence-electron chi connectivity index (χ1n) is 9.65. The van der Waals surface area contributed by atoms with Crippen LogP contribution in [0.25, 0.3) is 10.9 Å². The molecule has 0 bridgehead atoms. The fourth-order valence-electron chi connectivity index (χ4n) is 3.22. The van der Waals surface area contributed by atoms with Gasteiger partial charge in [-0.25, -0.2) is 0 Å². The predicted molar refractivity (Wildman–Crippen MR) is 121 cm³/mol. The van der Waals surface area contributed by atoms with Crippen LogP contribution in [-0.4, -0.2) is 21.8 Å². The van der Waals surface area contributed by atoms with Gasteiger partial charge in [-0.3, -0.25) is 19.6 Å². The van der Waals surface area contributed by atoms with Crippen molar-refractivity contribution in [3.8, 4) is 0 Å². The van der Waals surface area contributed by atoms with Crippen LogP contribution >= 0.6 is 11.6 Å². The zero-order valence-corrected chi connectivity index (χ0v) is 17.5. The van der Waals surface area contributed by atoms with Gasteiger partial charge < -0.3 is 10.6 Å². The number of aryl methyl sites for hydroxylation is 1. The van der Waals surface area contributed by atoms with Gasteiger partial charge in [-0.05, 0) is 61.0 Å². The molecule has 0 saturated carbocycles. The molecule has 0 saturated heterocycles. The molecule has 0 aliphatic heterocycles. The molecule has 4 rings (SSSR count). The van der Waals surface area contributed by atoms with Gasteiger partial charge in [0.05, 0.1) is 16.8 Å². The zero-order valence-electron chi connectivity index (χ0n) is 16.7. The smallest absolute Gasteiger partial charge is 0.255 e. The maximum Gasteiger partial charge on any atom is 0.255 e. The molecule has 0 spiro atoms. The highest BCUT2D eigenvalue weighted by Gasteiger charge is 2.12. The van der Waals surface area contributed by atoms with E-state index in [1.54, 1.807) is 55.7 Å². The summed E-state index contributed by atoms with van der Waals surface area (Å²) in [5.74, 6) is -0.446. The highest BCUT2D eigenvalue weighted by atomic mass is 35.5. The number of hydrogen-bond donors (Lipinski definition) is 2.